The second-order valence-electron chi connectivity index (χ2n) is 4.89. The van der Waals surface area contributed by atoms with Crippen LogP contribution in [0, 0.1) is 24.5 Å². The van der Waals surface area contributed by atoms with Gasteiger partial charge in [-0.15, -0.1) is 0 Å². The zero-order valence-corrected chi connectivity index (χ0v) is 11.0. The highest BCUT2D eigenvalue weighted by atomic mass is 19.2. The van der Waals surface area contributed by atoms with Gasteiger partial charge in [0.2, 0.25) is 0 Å². The second-order valence-corrected chi connectivity index (χ2v) is 4.89. The van der Waals surface area contributed by atoms with E-state index >= 15 is 0 Å². The van der Waals surface area contributed by atoms with Crippen molar-refractivity contribution in [2.45, 2.75) is 32.4 Å². The lowest BCUT2D eigenvalue weighted by molar-refractivity contribution is 0.0958. The number of ether oxygens (including phenoxy) is 1. The summed E-state index contributed by atoms with van der Waals surface area (Å²) in [6, 6.07) is 3.08. The summed E-state index contributed by atoms with van der Waals surface area (Å²) >= 11 is 0. The third kappa shape index (κ3) is 2.27. The predicted octanol–water partition coefficient (Wildman–Crippen LogP) is 2.96. The molecule has 3 atom stereocenters. The van der Waals surface area contributed by atoms with Gasteiger partial charge in [-0.2, -0.15) is 0 Å². The number of benzene rings is 1. The molecule has 0 aromatic heterocycles. The fourth-order valence-electron chi connectivity index (χ4n) is 2.69. The van der Waals surface area contributed by atoms with E-state index in [0.717, 1.165) is 6.42 Å². The third-order valence-corrected chi connectivity index (χ3v) is 3.81. The van der Waals surface area contributed by atoms with Gasteiger partial charge in [-0.05, 0) is 32.9 Å². The van der Waals surface area contributed by atoms with Crippen molar-refractivity contribution in [1.29, 1.82) is 0 Å². The molecule has 1 N–H and O–H groups in total. The van der Waals surface area contributed by atoms with Gasteiger partial charge in [-0.25, -0.2) is 8.78 Å². The quantitative estimate of drug-likeness (QED) is 0.896. The van der Waals surface area contributed by atoms with E-state index in [1.54, 1.807) is 26.1 Å². The Labute approximate surface area is 106 Å². The van der Waals surface area contributed by atoms with Gasteiger partial charge in [0.05, 0.1) is 6.10 Å². The van der Waals surface area contributed by atoms with Gasteiger partial charge in [0.15, 0.2) is 11.6 Å². The standard InChI is InChI=1S/C14H19F2NO/c1-8-4-5-11(13(16)12(8)15)14(17-3)10-6-7-18-9(10)2/h4-5,9-10,14,17H,6-7H2,1-3H3. The minimum absolute atomic E-state index is 0.0613. The molecule has 1 saturated heterocycles. The Hall–Kier alpha value is -1.00. The van der Waals surface area contributed by atoms with Crippen LogP contribution in [0.3, 0.4) is 0 Å². The van der Waals surface area contributed by atoms with Crippen LogP contribution >= 0.6 is 0 Å². The zero-order valence-electron chi connectivity index (χ0n) is 11.0. The molecule has 0 saturated carbocycles. The smallest absolute Gasteiger partial charge is 0.163 e. The lowest BCUT2D eigenvalue weighted by Crippen LogP contribution is -2.30. The molecule has 1 aliphatic rings. The Kier molecular flexibility index (Phi) is 3.97. The molecule has 3 unspecified atom stereocenters. The molecule has 1 fully saturated rings. The summed E-state index contributed by atoms with van der Waals surface area (Å²) in [6.45, 7) is 4.22. The first kappa shape index (κ1) is 13.4. The first-order valence-electron chi connectivity index (χ1n) is 6.29. The van der Waals surface area contributed by atoms with Gasteiger partial charge in [0.25, 0.3) is 0 Å². The molecule has 1 aromatic rings. The van der Waals surface area contributed by atoms with Crippen molar-refractivity contribution in [1.82, 2.24) is 5.32 Å². The van der Waals surface area contributed by atoms with Gasteiger partial charge in [0.1, 0.15) is 0 Å². The van der Waals surface area contributed by atoms with Crippen LogP contribution in [0.2, 0.25) is 0 Å². The monoisotopic (exact) mass is 255 g/mol. The highest BCUT2D eigenvalue weighted by Crippen LogP contribution is 2.35. The number of hydrogen-bond acceptors (Lipinski definition) is 2. The summed E-state index contributed by atoms with van der Waals surface area (Å²) in [7, 11) is 1.77. The molecule has 100 valence electrons. The fraction of sp³-hybridized carbons (Fsp3) is 0.571. The van der Waals surface area contributed by atoms with E-state index in [-0.39, 0.29) is 18.1 Å². The Balaban J connectivity index is 2.36. The van der Waals surface area contributed by atoms with Crippen LogP contribution in [0.4, 0.5) is 8.78 Å². The molecule has 2 nitrogen and oxygen atoms in total. The molecular formula is C14H19F2NO. The van der Waals surface area contributed by atoms with Crippen LogP contribution in [0.15, 0.2) is 12.1 Å². The number of halogens is 2. The molecule has 2 rings (SSSR count). The number of aryl methyl sites for hydroxylation is 1. The summed E-state index contributed by atoms with van der Waals surface area (Å²) in [5.74, 6) is -1.32. The molecule has 1 aromatic carbocycles. The first-order valence-corrected chi connectivity index (χ1v) is 6.29. The van der Waals surface area contributed by atoms with Crippen LogP contribution in [0.1, 0.15) is 30.5 Å². The van der Waals surface area contributed by atoms with Crippen molar-refractivity contribution < 1.29 is 13.5 Å². The number of rotatable bonds is 3. The highest BCUT2D eigenvalue weighted by molar-refractivity contribution is 5.28. The maximum atomic E-state index is 14.0. The van der Waals surface area contributed by atoms with Gasteiger partial charge in [0, 0.05) is 24.1 Å². The van der Waals surface area contributed by atoms with Crippen LogP contribution in [0.25, 0.3) is 0 Å². The lowest BCUT2D eigenvalue weighted by atomic mass is 9.87. The average molecular weight is 255 g/mol. The van der Waals surface area contributed by atoms with E-state index in [2.05, 4.69) is 5.32 Å². The van der Waals surface area contributed by atoms with Crippen molar-refractivity contribution in [3.63, 3.8) is 0 Å². The van der Waals surface area contributed by atoms with Crippen LogP contribution in [-0.2, 0) is 4.74 Å². The van der Waals surface area contributed by atoms with E-state index in [4.69, 9.17) is 4.74 Å². The normalized spacial score (nSPS) is 25.4. The molecule has 18 heavy (non-hydrogen) atoms. The average Bonchev–Trinajstić information content (AvgIpc) is 2.77. The van der Waals surface area contributed by atoms with Crippen molar-refractivity contribution >= 4 is 0 Å². The maximum Gasteiger partial charge on any atom is 0.163 e. The van der Waals surface area contributed by atoms with Crippen molar-refractivity contribution in [2.24, 2.45) is 5.92 Å². The Bertz CT molecular complexity index is 436. The molecule has 4 heteroatoms. The first-order chi connectivity index (χ1) is 8.56. The maximum absolute atomic E-state index is 14.0. The SMILES string of the molecule is CNC(c1ccc(C)c(F)c1F)C1CCOC1C. The van der Waals surface area contributed by atoms with Gasteiger partial charge in [-0.3, -0.25) is 0 Å². The summed E-state index contributed by atoms with van der Waals surface area (Å²) in [6.07, 6.45) is 0.924. The third-order valence-electron chi connectivity index (χ3n) is 3.81. The summed E-state index contributed by atoms with van der Waals surface area (Å²) in [5.41, 5.74) is 0.727. The molecule has 1 heterocycles. The molecular weight excluding hydrogens is 236 g/mol. The molecule has 1 aliphatic heterocycles. The van der Waals surface area contributed by atoms with Crippen LogP contribution < -0.4 is 5.32 Å². The van der Waals surface area contributed by atoms with E-state index in [9.17, 15) is 8.78 Å². The minimum Gasteiger partial charge on any atom is -0.378 e. The summed E-state index contributed by atoms with van der Waals surface area (Å²) in [5, 5.41) is 3.09. The lowest BCUT2D eigenvalue weighted by Gasteiger charge is -2.26. The molecule has 0 aliphatic carbocycles. The topological polar surface area (TPSA) is 21.3 Å². The van der Waals surface area contributed by atoms with Crippen LogP contribution in [0.5, 0.6) is 0 Å². The van der Waals surface area contributed by atoms with Crippen molar-refractivity contribution in [3.8, 4) is 0 Å². The molecule has 0 spiro atoms. The summed E-state index contributed by atoms with van der Waals surface area (Å²) < 4.78 is 33.2. The van der Waals surface area contributed by atoms with E-state index in [1.165, 1.54) is 0 Å². The van der Waals surface area contributed by atoms with E-state index < -0.39 is 11.6 Å². The van der Waals surface area contributed by atoms with E-state index in [1.807, 2.05) is 6.92 Å². The zero-order chi connectivity index (χ0) is 13.3. The summed E-state index contributed by atoms with van der Waals surface area (Å²) in [4.78, 5) is 0. The minimum atomic E-state index is -0.751. The van der Waals surface area contributed by atoms with E-state index in [0.29, 0.717) is 17.7 Å². The van der Waals surface area contributed by atoms with Crippen molar-refractivity contribution in [2.75, 3.05) is 13.7 Å². The molecule has 0 radical (unpaired) electrons. The van der Waals surface area contributed by atoms with Crippen LogP contribution in [-0.4, -0.2) is 19.8 Å². The predicted molar refractivity (Wildman–Crippen MR) is 66.4 cm³/mol. The van der Waals surface area contributed by atoms with Crippen molar-refractivity contribution in [3.05, 3.63) is 34.9 Å². The second kappa shape index (κ2) is 5.33. The highest BCUT2D eigenvalue weighted by Gasteiger charge is 2.33. The fourth-order valence-corrected chi connectivity index (χ4v) is 2.69. The molecule has 0 amide bonds. The Morgan fingerprint density at radius 1 is 1.33 bits per heavy atom. The molecule has 0 bridgehead atoms. The Morgan fingerprint density at radius 2 is 2.06 bits per heavy atom. The Morgan fingerprint density at radius 3 is 2.61 bits per heavy atom. The van der Waals surface area contributed by atoms with Gasteiger partial charge < -0.3 is 10.1 Å². The number of nitrogens with one attached hydrogen (secondary N) is 1. The largest absolute Gasteiger partial charge is 0.378 e. The number of hydrogen-bond donors (Lipinski definition) is 1. The van der Waals surface area contributed by atoms with Gasteiger partial charge in [-0.1, -0.05) is 12.1 Å². The van der Waals surface area contributed by atoms with Gasteiger partial charge >= 0.3 is 0 Å².